The number of unbranched alkanes of at least 4 members (excludes halogenated alkanes) is 3. The Morgan fingerprint density at radius 2 is 0.648 bits per heavy atom. The Morgan fingerprint density at radius 1 is 0.396 bits per heavy atom. The largest absolute Gasteiger partial charge is 0.358 e. The summed E-state index contributed by atoms with van der Waals surface area (Å²) in [4.78, 5) is 96.3. The topological polar surface area (TPSA) is 342 Å². The number of H-pyrrole nitrogens is 3. The molecule has 0 unspecified atom stereocenters. The maximum atomic E-state index is 14.4. The standard InChI is InChI=1S/C70H79Cl3N12O6/c1-40-55(52-25-16-46(71)34-58(52)80-40)37-61(86)68(77,28-4-7-31-74)65(89)83-49-19-10-43(11-20-49)64(44-12-21-50(22-13-44)84-66(90)69(78,29-5-8-32-75)62(87)38-56-41(2)81-59-35-47(72)17-26-53(56)59)45-14-23-51(24-15-45)85-67(91)70(79,30-6-9-33-76)63(88)39-57-42(3)82-60-36-48(73)18-27-54(57)60/h10-27,34-36,64,80-82H,4-9,28-33,37-39,74-79H2,1-3H3,(H,83,89)(H,84,90)(H,85,91)/t68-,69-,70-/m0/s1. The van der Waals surface area contributed by atoms with Crippen molar-refractivity contribution >= 4 is 120 Å². The lowest BCUT2D eigenvalue weighted by molar-refractivity contribution is -0.134. The highest BCUT2D eigenvalue weighted by molar-refractivity contribution is 6.32. The second kappa shape index (κ2) is 29.1. The van der Waals surface area contributed by atoms with E-state index >= 15 is 0 Å². The number of aryl methyl sites for hydroxylation is 3. The van der Waals surface area contributed by atoms with E-state index in [0.717, 1.165) is 83.2 Å². The minimum absolute atomic E-state index is 0.0599. The number of anilines is 3. The fourth-order valence-corrected chi connectivity index (χ4v) is 12.6. The van der Waals surface area contributed by atoms with Gasteiger partial charge >= 0.3 is 0 Å². The second-order valence-corrected chi connectivity index (χ2v) is 25.2. The molecule has 91 heavy (non-hydrogen) atoms. The lowest BCUT2D eigenvalue weighted by Gasteiger charge is -2.28. The number of aromatic nitrogens is 3. The van der Waals surface area contributed by atoms with Crippen molar-refractivity contribution in [3.05, 3.63) is 193 Å². The molecule has 3 atom stereocenters. The van der Waals surface area contributed by atoms with Gasteiger partial charge in [0.05, 0.1) is 0 Å². The molecule has 0 saturated carbocycles. The van der Waals surface area contributed by atoms with Gasteiger partial charge in [0.2, 0.25) is 0 Å². The van der Waals surface area contributed by atoms with Gasteiger partial charge in [-0.2, -0.15) is 0 Å². The quantitative estimate of drug-likeness (QED) is 0.0114. The summed E-state index contributed by atoms with van der Waals surface area (Å²) in [6.45, 7) is 6.65. The van der Waals surface area contributed by atoms with Crippen molar-refractivity contribution in [1.29, 1.82) is 0 Å². The van der Waals surface area contributed by atoms with Gasteiger partial charge in [-0.25, -0.2) is 0 Å². The Labute approximate surface area is 543 Å². The average Bonchev–Trinajstić information content (AvgIpc) is 1.83. The number of aromatic amines is 3. The van der Waals surface area contributed by atoms with Crippen LogP contribution in [0, 0.1) is 20.8 Å². The van der Waals surface area contributed by atoms with E-state index in [1.54, 1.807) is 72.8 Å². The molecule has 0 saturated heterocycles. The van der Waals surface area contributed by atoms with Crippen LogP contribution in [-0.4, -0.2) is 86.3 Å². The summed E-state index contributed by atoms with van der Waals surface area (Å²) in [6, 6.07) is 37.6. The summed E-state index contributed by atoms with van der Waals surface area (Å²) < 4.78 is 0. The Hall–Kier alpha value is -8.01. The van der Waals surface area contributed by atoms with E-state index < -0.39 is 57.6 Å². The number of amides is 3. The number of nitrogens with two attached hydrogens (primary N) is 6. The zero-order valence-electron chi connectivity index (χ0n) is 51.4. The van der Waals surface area contributed by atoms with E-state index in [1.165, 1.54) is 0 Å². The van der Waals surface area contributed by atoms with Crippen LogP contribution < -0.4 is 50.4 Å². The van der Waals surface area contributed by atoms with Crippen LogP contribution in [-0.2, 0) is 48.0 Å². The average molecular weight is 1290 g/mol. The summed E-state index contributed by atoms with van der Waals surface area (Å²) >= 11 is 18.9. The molecule has 3 amide bonds. The first-order chi connectivity index (χ1) is 43.5. The van der Waals surface area contributed by atoms with Crippen molar-refractivity contribution in [3.8, 4) is 0 Å². The summed E-state index contributed by atoms with van der Waals surface area (Å²) in [6.07, 6.45) is 2.84. The second-order valence-electron chi connectivity index (χ2n) is 23.9. The first-order valence-corrected chi connectivity index (χ1v) is 31.7. The van der Waals surface area contributed by atoms with Gasteiger partial charge in [0.15, 0.2) is 34.0 Å². The third-order valence-corrected chi connectivity index (χ3v) is 18.3. The molecular weight excluding hydrogens is 1210 g/mol. The first-order valence-electron chi connectivity index (χ1n) is 30.6. The number of benzene rings is 6. The summed E-state index contributed by atoms with van der Waals surface area (Å²) in [7, 11) is 0. The molecule has 0 bridgehead atoms. The summed E-state index contributed by atoms with van der Waals surface area (Å²) in [5.74, 6) is -3.89. The molecular formula is C70H79Cl3N12O6. The van der Waals surface area contributed by atoms with Crippen LogP contribution in [0.2, 0.25) is 15.1 Å². The Balaban J connectivity index is 1.000. The van der Waals surface area contributed by atoms with Gasteiger partial charge in [0.1, 0.15) is 0 Å². The van der Waals surface area contributed by atoms with Crippen molar-refractivity contribution in [2.45, 2.75) is 120 Å². The van der Waals surface area contributed by atoms with E-state index in [-0.39, 0.29) is 38.5 Å². The Kier molecular flexibility index (Phi) is 21.5. The Morgan fingerprint density at radius 3 is 0.890 bits per heavy atom. The SMILES string of the molecule is Cc1[nH]c2cc(Cl)ccc2c1CC(=O)[C@@](N)(CCCCN)C(=O)Nc1ccc(C(c2ccc(NC(=O)[C@](N)(CCCCN)C(=O)Cc3c(C)[nH]c4cc(Cl)ccc34)cc2)c2ccc(NC(=O)[C@](N)(CCCCN)C(=O)Cc3c(C)[nH]c4cc(Cl)ccc34)cc2)cc1. The number of carbonyl (C=O) groups excluding carboxylic acids is 6. The van der Waals surface area contributed by atoms with Gasteiger partial charge in [0.25, 0.3) is 17.7 Å². The minimum atomic E-state index is -1.91. The number of Topliss-reactive ketones (excluding diaryl/α,β-unsaturated/α-hetero) is 3. The molecule has 0 radical (unpaired) electrons. The van der Waals surface area contributed by atoms with E-state index in [2.05, 4.69) is 30.9 Å². The third-order valence-electron chi connectivity index (χ3n) is 17.5. The van der Waals surface area contributed by atoms with E-state index in [9.17, 15) is 28.8 Å². The van der Waals surface area contributed by atoms with Crippen LogP contribution in [0.25, 0.3) is 32.7 Å². The lowest BCUT2D eigenvalue weighted by atomic mass is 9.83. The molecule has 0 fully saturated rings. The predicted molar refractivity (Wildman–Crippen MR) is 366 cm³/mol. The molecule has 476 valence electrons. The van der Waals surface area contributed by atoms with Crippen LogP contribution in [0.3, 0.4) is 0 Å². The monoisotopic (exact) mass is 1290 g/mol. The zero-order chi connectivity index (χ0) is 65.4. The molecule has 0 aliphatic heterocycles. The fourth-order valence-electron chi connectivity index (χ4n) is 12.1. The lowest BCUT2D eigenvalue weighted by Crippen LogP contribution is -2.58. The van der Waals surface area contributed by atoms with Crippen molar-refractivity contribution < 1.29 is 28.8 Å². The van der Waals surface area contributed by atoms with Crippen molar-refractivity contribution in [3.63, 3.8) is 0 Å². The maximum absolute atomic E-state index is 14.4. The number of hydrogen-bond donors (Lipinski definition) is 12. The molecule has 18 N–H and O–H groups in total. The fraction of sp³-hybridized carbons (Fsp3) is 0.314. The van der Waals surface area contributed by atoms with E-state index in [1.807, 2.05) is 75.4 Å². The summed E-state index contributed by atoms with van der Waals surface area (Å²) in [5.41, 5.74) is 42.8. The van der Waals surface area contributed by atoms with Crippen LogP contribution >= 0.6 is 34.8 Å². The smallest absolute Gasteiger partial charge is 0.252 e. The molecule has 21 heteroatoms. The van der Waals surface area contributed by atoms with Gasteiger partial charge in [0, 0.05) is 107 Å². The van der Waals surface area contributed by atoms with Gasteiger partial charge in [-0.3, -0.25) is 28.8 Å². The first kappa shape index (κ1) is 67.4. The highest BCUT2D eigenvalue weighted by Gasteiger charge is 2.44. The molecule has 9 rings (SSSR count). The van der Waals surface area contributed by atoms with Crippen LogP contribution in [0.1, 0.15) is 114 Å². The third kappa shape index (κ3) is 15.0. The predicted octanol–water partition coefficient (Wildman–Crippen LogP) is 10.9. The number of hydrogen-bond acceptors (Lipinski definition) is 12. The molecule has 18 nitrogen and oxygen atoms in total. The Bertz CT molecular complexity index is 3740. The molecule has 0 spiro atoms. The molecule has 9 aromatic rings. The number of nitrogens with one attached hydrogen (secondary N) is 6. The molecule has 6 aromatic carbocycles. The zero-order valence-corrected chi connectivity index (χ0v) is 53.6. The van der Waals surface area contributed by atoms with Gasteiger partial charge < -0.3 is 65.3 Å². The highest BCUT2D eigenvalue weighted by atomic mass is 35.5. The highest BCUT2D eigenvalue weighted by Crippen LogP contribution is 2.37. The summed E-state index contributed by atoms with van der Waals surface area (Å²) in [5, 5.41) is 12.8. The number of rotatable bonds is 30. The van der Waals surface area contributed by atoms with Crippen LogP contribution in [0.15, 0.2) is 127 Å². The van der Waals surface area contributed by atoms with Crippen molar-refractivity contribution in [2.75, 3.05) is 35.6 Å². The molecule has 3 aromatic heterocycles. The number of halogens is 3. The van der Waals surface area contributed by atoms with E-state index in [4.69, 9.17) is 69.2 Å². The van der Waals surface area contributed by atoms with Crippen molar-refractivity contribution in [2.24, 2.45) is 34.4 Å². The van der Waals surface area contributed by atoms with Gasteiger partial charge in [-0.1, -0.05) is 89.4 Å². The minimum Gasteiger partial charge on any atom is -0.358 e. The molecule has 3 heterocycles. The maximum Gasteiger partial charge on any atom is 0.252 e. The van der Waals surface area contributed by atoms with Crippen molar-refractivity contribution in [1.82, 2.24) is 15.0 Å². The van der Waals surface area contributed by atoms with Crippen LogP contribution in [0.4, 0.5) is 17.1 Å². The van der Waals surface area contributed by atoms with Crippen LogP contribution in [0.5, 0.6) is 0 Å². The molecule has 0 aliphatic rings. The molecule has 0 aliphatic carbocycles. The van der Waals surface area contributed by atoms with E-state index in [0.29, 0.717) is 90.3 Å². The van der Waals surface area contributed by atoms with Gasteiger partial charge in [-0.05, 0) is 204 Å². The number of carbonyl (C=O) groups is 6. The number of ketones is 3. The number of fused-ring (bicyclic) bond motifs is 3. The van der Waals surface area contributed by atoms with Gasteiger partial charge in [-0.15, -0.1) is 0 Å². The normalized spacial score (nSPS) is 13.7.